The summed E-state index contributed by atoms with van der Waals surface area (Å²) in [5.74, 6) is 0.281. The van der Waals surface area contributed by atoms with Crippen LogP contribution >= 0.6 is 23.2 Å². The minimum absolute atomic E-state index is 0.0972. The Morgan fingerprint density at radius 1 is 0.919 bits per heavy atom. The summed E-state index contributed by atoms with van der Waals surface area (Å²) in [4.78, 5) is 1.79. The van der Waals surface area contributed by atoms with Crippen LogP contribution in [0.1, 0.15) is 18.4 Å². The van der Waals surface area contributed by atoms with Crippen LogP contribution in [0.2, 0.25) is 10.0 Å². The van der Waals surface area contributed by atoms with Gasteiger partial charge in [-0.2, -0.15) is 22.0 Å². The second-order valence-corrected chi connectivity index (χ2v) is 9.49. The zero-order chi connectivity index (χ0) is 26.8. The summed E-state index contributed by atoms with van der Waals surface area (Å²) in [6.07, 6.45) is -10.1. The van der Waals surface area contributed by atoms with E-state index in [0.717, 1.165) is 25.0 Å². The van der Waals surface area contributed by atoms with Crippen molar-refractivity contribution < 1.29 is 36.5 Å². The number of anilines is 1. The second kappa shape index (κ2) is 10.9. The topological polar surface area (TPSA) is 41.9 Å². The Morgan fingerprint density at radius 2 is 1.59 bits per heavy atom. The van der Waals surface area contributed by atoms with Crippen LogP contribution in [0, 0.1) is 5.92 Å². The van der Waals surface area contributed by atoms with Gasteiger partial charge in [0.25, 0.3) is 0 Å². The number of aliphatic hydroxyl groups excluding tert-OH is 1. The Kier molecular flexibility index (Phi) is 8.06. The van der Waals surface area contributed by atoms with Crippen LogP contribution in [0.25, 0.3) is 0 Å². The van der Waals surface area contributed by atoms with E-state index in [1.807, 2.05) is 0 Å². The third kappa shape index (κ3) is 6.97. The van der Waals surface area contributed by atoms with Crippen molar-refractivity contribution in [2.45, 2.75) is 37.8 Å². The smallest absolute Gasteiger partial charge is 0.456 e. The molecule has 4 nitrogen and oxygen atoms in total. The molecule has 11 heteroatoms. The largest absolute Gasteiger partial charge is 0.499 e. The van der Waals surface area contributed by atoms with E-state index in [2.05, 4.69) is 4.74 Å². The van der Waals surface area contributed by atoms with Crippen LogP contribution in [0.15, 0.2) is 66.7 Å². The van der Waals surface area contributed by atoms with Crippen molar-refractivity contribution in [1.29, 1.82) is 0 Å². The fourth-order valence-corrected chi connectivity index (χ4v) is 4.01. The predicted molar refractivity (Wildman–Crippen MR) is 131 cm³/mol. The highest BCUT2D eigenvalue weighted by molar-refractivity contribution is 6.42. The van der Waals surface area contributed by atoms with Gasteiger partial charge in [-0.05, 0) is 60.7 Å². The van der Waals surface area contributed by atoms with E-state index in [0.29, 0.717) is 27.8 Å². The summed E-state index contributed by atoms with van der Waals surface area (Å²) >= 11 is 12.3. The highest BCUT2D eigenvalue weighted by Gasteiger charge is 2.61. The first kappa shape index (κ1) is 27.3. The summed E-state index contributed by atoms with van der Waals surface area (Å²) < 4.78 is 74.4. The molecule has 0 aliphatic heterocycles. The molecule has 1 aliphatic carbocycles. The van der Waals surface area contributed by atoms with E-state index in [4.69, 9.17) is 27.9 Å². The summed E-state index contributed by atoms with van der Waals surface area (Å²) in [5, 5.41) is 11.2. The molecule has 3 aromatic carbocycles. The van der Waals surface area contributed by atoms with Crippen molar-refractivity contribution in [1.82, 2.24) is 0 Å². The van der Waals surface area contributed by atoms with Crippen LogP contribution in [-0.4, -0.2) is 30.0 Å². The fourth-order valence-electron chi connectivity index (χ4n) is 3.68. The van der Waals surface area contributed by atoms with Gasteiger partial charge < -0.3 is 19.5 Å². The first-order chi connectivity index (χ1) is 17.4. The van der Waals surface area contributed by atoms with Crippen LogP contribution in [0.5, 0.6) is 17.2 Å². The van der Waals surface area contributed by atoms with Gasteiger partial charge in [-0.3, -0.25) is 0 Å². The van der Waals surface area contributed by atoms with E-state index in [-0.39, 0.29) is 24.0 Å². The standard InChI is InChI=1S/C26H22Cl2F5NO3/c27-21-8-3-9-23(24(21)28)36-19-6-2-5-18(13-19)34(15-22(35)17-10-11-17)14-16-4-1-7-20(12-16)37-26(32,33)25(29,30)31/h1-9,12-13,17,22,35H,10-11,14-15H2. The highest BCUT2D eigenvalue weighted by atomic mass is 35.5. The predicted octanol–water partition coefficient (Wildman–Crippen LogP) is 8.10. The average Bonchev–Trinajstić information content (AvgIpc) is 3.67. The van der Waals surface area contributed by atoms with E-state index >= 15 is 0 Å². The monoisotopic (exact) mass is 561 g/mol. The summed E-state index contributed by atoms with van der Waals surface area (Å²) in [6.45, 7) is 0.301. The molecule has 1 fully saturated rings. The number of benzene rings is 3. The minimum Gasteiger partial charge on any atom is -0.456 e. The number of hydrogen-bond donors (Lipinski definition) is 1. The maximum Gasteiger partial charge on any atom is 0.499 e. The number of rotatable bonds is 10. The van der Waals surface area contributed by atoms with Gasteiger partial charge in [-0.1, -0.05) is 47.5 Å². The SMILES string of the molecule is OC(CN(Cc1cccc(OC(F)(F)C(F)(F)F)c1)c1cccc(Oc2cccc(Cl)c2Cl)c1)C1CC1. The lowest BCUT2D eigenvalue weighted by Gasteiger charge is -2.28. The molecular weight excluding hydrogens is 540 g/mol. The molecule has 4 rings (SSSR count). The quantitative estimate of drug-likeness (QED) is 0.254. The van der Waals surface area contributed by atoms with Crippen LogP contribution in [0.3, 0.4) is 0 Å². The lowest BCUT2D eigenvalue weighted by atomic mass is 10.1. The molecule has 1 N–H and O–H groups in total. The van der Waals surface area contributed by atoms with E-state index in [1.165, 1.54) is 6.07 Å². The van der Waals surface area contributed by atoms with Gasteiger partial charge in [0.1, 0.15) is 22.3 Å². The molecule has 0 radical (unpaired) electrons. The molecule has 37 heavy (non-hydrogen) atoms. The van der Waals surface area contributed by atoms with E-state index in [9.17, 15) is 27.1 Å². The van der Waals surface area contributed by atoms with Gasteiger partial charge in [0, 0.05) is 24.8 Å². The fraction of sp³-hybridized carbons (Fsp3) is 0.308. The summed E-state index contributed by atoms with van der Waals surface area (Å²) in [7, 11) is 0. The molecule has 0 saturated heterocycles. The van der Waals surface area contributed by atoms with Gasteiger partial charge in [-0.15, -0.1) is 0 Å². The molecule has 3 aromatic rings. The van der Waals surface area contributed by atoms with Crippen molar-refractivity contribution in [2.24, 2.45) is 5.92 Å². The molecule has 0 amide bonds. The Hall–Kier alpha value is -2.75. The Labute approximate surface area is 220 Å². The molecule has 0 heterocycles. The summed E-state index contributed by atoms with van der Waals surface area (Å²) in [6, 6.07) is 16.9. The normalized spacial score (nSPS) is 14.8. The van der Waals surface area contributed by atoms with Crippen LogP contribution < -0.4 is 14.4 Å². The third-order valence-electron chi connectivity index (χ3n) is 5.75. The van der Waals surface area contributed by atoms with Crippen molar-refractivity contribution >= 4 is 28.9 Å². The number of nitrogens with zero attached hydrogens (tertiary/aromatic N) is 1. The maximum absolute atomic E-state index is 13.4. The molecule has 1 aliphatic rings. The first-order valence-corrected chi connectivity index (χ1v) is 12.1. The molecule has 1 atom stereocenters. The molecule has 1 saturated carbocycles. The van der Waals surface area contributed by atoms with Gasteiger partial charge in [0.05, 0.1) is 11.1 Å². The molecule has 0 bridgehead atoms. The molecule has 0 spiro atoms. The van der Waals surface area contributed by atoms with Crippen molar-refractivity contribution in [2.75, 3.05) is 11.4 Å². The number of hydrogen-bond acceptors (Lipinski definition) is 4. The van der Waals surface area contributed by atoms with Crippen molar-refractivity contribution in [3.8, 4) is 17.2 Å². The lowest BCUT2D eigenvalue weighted by molar-refractivity contribution is -0.360. The lowest BCUT2D eigenvalue weighted by Crippen LogP contribution is -2.41. The Bertz CT molecular complexity index is 1240. The van der Waals surface area contributed by atoms with Gasteiger partial charge in [0.2, 0.25) is 0 Å². The van der Waals surface area contributed by atoms with E-state index in [1.54, 1.807) is 53.4 Å². The van der Waals surface area contributed by atoms with Gasteiger partial charge >= 0.3 is 12.3 Å². The van der Waals surface area contributed by atoms with Gasteiger partial charge in [0.15, 0.2) is 0 Å². The molecular formula is C26H22Cl2F5NO3. The summed E-state index contributed by atoms with van der Waals surface area (Å²) in [5.41, 5.74) is 1.03. The second-order valence-electron chi connectivity index (χ2n) is 8.70. The van der Waals surface area contributed by atoms with Crippen molar-refractivity contribution in [3.05, 3.63) is 82.3 Å². The average molecular weight is 562 g/mol. The number of halogens is 7. The molecule has 1 unspecified atom stereocenters. The molecule has 198 valence electrons. The number of ether oxygens (including phenoxy) is 2. The van der Waals surface area contributed by atoms with Crippen LogP contribution in [-0.2, 0) is 6.54 Å². The highest BCUT2D eigenvalue weighted by Crippen LogP contribution is 2.39. The van der Waals surface area contributed by atoms with Crippen LogP contribution in [0.4, 0.5) is 27.6 Å². The number of alkyl halides is 5. The van der Waals surface area contributed by atoms with Gasteiger partial charge in [-0.25, -0.2) is 0 Å². The minimum atomic E-state index is -5.85. The zero-order valence-corrected chi connectivity index (χ0v) is 20.7. The first-order valence-electron chi connectivity index (χ1n) is 11.3. The maximum atomic E-state index is 13.4. The number of aliphatic hydroxyl groups is 1. The Morgan fingerprint density at radius 3 is 2.30 bits per heavy atom. The zero-order valence-electron chi connectivity index (χ0n) is 19.2. The van der Waals surface area contributed by atoms with Crippen molar-refractivity contribution in [3.63, 3.8) is 0 Å². The molecule has 0 aromatic heterocycles. The van der Waals surface area contributed by atoms with E-state index < -0.39 is 24.1 Å². The Balaban J connectivity index is 1.58. The third-order valence-corrected chi connectivity index (χ3v) is 6.55.